The van der Waals surface area contributed by atoms with Crippen molar-refractivity contribution in [3.05, 3.63) is 18.2 Å². The molecule has 0 spiro atoms. The van der Waals surface area contributed by atoms with Gasteiger partial charge in [-0.2, -0.15) is 0 Å². The molecule has 1 aliphatic heterocycles. The maximum atomic E-state index is 11.9. The summed E-state index contributed by atoms with van der Waals surface area (Å²) >= 11 is 0. The third-order valence-corrected chi connectivity index (χ3v) is 4.30. The Kier molecular flexibility index (Phi) is 4.81. The molecule has 2 atom stereocenters. The Labute approximate surface area is 121 Å². The molecule has 0 aromatic carbocycles. The second kappa shape index (κ2) is 6.39. The molecule has 0 aliphatic carbocycles. The van der Waals surface area contributed by atoms with Crippen molar-refractivity contribution in [2.75, 3.05) is 13.1 Å². The summed E-state index contributed by atoms with van der Waals surface area (Å²) in [5.41, 5.74) is 1.38. The Bertz CT molecular complexity index is 448. The van der Waals surface area contributed by atoms with Crippen molar-refractivity contribution < 1.29 is 4.79 Å². The molecule has 1 aromatic heterocycles. The zero-order valence-electron chi connectivity index (χ0n) is 12.8. The highest BCUT2D eigenvalue weighted by Gasteiger charge is 2.33. The second-order valence-corrected chi connectivity index (χ2v) is 6.09. The lowest BCUT2D eigenvalue weighted by molar-refractivity contribution is -0.121. The van der Waals surface area contributed by atoms with Gasteiger partial charge in [-0.25, -0.2) is 4.98 Å². The predicted octanol–water partition coefficient (Wildman–Crippen LogP) is 1.44. The van der Waals surface area contributed by atoms with Gasteiger partial charge in [-0.15, -0.1) is 0 Å². The van der Waals surface area contributed by atoms with Gasteiger partial charge in [-0.1, -0.05) is 13.8 Å². The number of nitrogens with zero attached hydrogens (tertiary/aromatic N) is 2. The third kappa shape index (κ3) is 3.39. The zero-order valence-corrected chi connectivity index (χ0v) is 12.8. The third-order valence-electron chi connectivity index (χ3n) is 4.30. The largest absolute Gasteiger partial charge is 0.354 e. The average Bonchev–Trinajstić information content (AvgIpc) is 3.05. The van der Waals surface area contributed by atoms with Gasteiger partial charge in [0.25, 0.3) is 0 Å². The first-order valence-electron chi connectivity index (χ1n) is 7.56. The summed E-state index contributed by atoms with van der Waals surface area (Å²) in [5.74, 6) is 0.119. The summed E-state index contributed by atoms with van der Waals surface area (Å²) in [6, 6.07) is 0.251. The summed E-state index contributed by atoms with van der Waals surface area (Å²) in [7, 11) is 0. The standard InChI is InChI=1S/C15H26N4O/c1-4-12(2)18-14(20)5-8-19-11-17-9-13(19)15(3)6-7-16-10-15/h9,11-12,16H,4-8,10H2,1-3H3,(H,18,20). The van der Waals surface area contributed by atoms with Crippen LogP contribution in [0.25, 0.3) is 0 Å². The highest BCUT2D eigenvalue weighted by Crippen LogP contribution is 2.29. The summed E-state index contributed by atoms with van der Waals surface area (Å²) in [6.45, 7) is 9.11. The van der Waals surface area contributed by atoms with E-state index in [1.165, 1.54) is 5.69 Å². The molecule has 5 nitrogen and oxygen atoms in total. The van der Waals surface area contributed by atoms with Gasteiger partial charge in [0, 0.05) is 42.9 Å². The summed E-state index contributed by atoms with van der Waals surface area (Å²) in [5, 5.41) is 6.41. The van der Waals surface area contributed by atoms with Crippen molar-refractivity contribution in [2.24, 2.45) is 0 Å². The van der Waals surface area contributed by atoms with Crippen LogP contribution in [0, 0.1) is 0 Å². The summed E-state index contributed by atoms with van der Waals surface area (Å²) < 4.78 is 2.13. The van der Waals surface area contributed by atoms with Crippen molar-refractivity contribution in [2.45, 2.75) is 58.0 Å². The maximum absolute atomic E-state index is 11.9. The van der Waals surface area contributed by atoms with Gasteiger partial charge in [0.1, 0.15) is 0 Å². The minimum atomic E-state index is 0.119. The molecule has 0 radical (unpaired) electrons. The quantitative estimate of drug-likeness (QED) is 0.828. The van der Waals surface area contributed by atoms with E-state index in [1.807, 2.05) is 19.4 Å². The lowest BCUT2D eigenvalue weighted by Crippen LogP contribution is -2.33. The van der Waals surface area contributed by atoms with E-state index < -0.39 is 0 Å². The van der Waals surface area contributed by atoms with E-state index in [-0.39, 0.29) is 17.4 Å². The number of carbonyl (C=O) groups excluding carboxylic acids is 1. The fourth-order valence-electron chi connectivity index (χ4n) is 2.71. The van der Waals surface area contributed by atoms with Crippen LogP contribution in [0.4, 0.5) is 0 Å². The van der Waals surface area contributed by atoms with Crippen molar-refractivity contribution in [3.8, 4) is 0 Å². The van der Waals surface area contributed by atoms with Gasteiger partial charge < -0.3 is 15.2 Å². The summed E-state index contributed by atoms with van der Waals surface area (Å²) in [6.07, 6.45) is 6.38. The minimum absolute atomic E-state index is 0.119. The van der Waals surface area contributed by atoms with Gasteiger partial charge in [-0.3, -0.25) is 4.79 Å². The lowest BCUT2D eigenvalue weighted by Gasteiger charge is -2.24. The van der Waals surface area contributed by atoms with Crippen molar-refractivity contribution >= 4 is 5.91 Å². The van der Waals surface area contributed by atoms with E-state index in [1.54, 1.807) is 0 Å². The normalized spacial score (nSPS) is 23.8. The molecule has 1 aromatic rings. The first-order chi connectivity index (χ1) is 9.55. The van der Waals surface area contributed by atoms with Crippen LogP contribution in [0.3, 0.4) is 0 Å². The average molecular weight is 278 g/mol. The van der Waals surface area contributed by atoms with Crippen LogP contribution in [0.5, 0.6) is 0 Å². The molecular formula is C15H26N4O. The van der Waals surface area contributed by atoms with E-state index >= 15 is 0 Å². The number of aryl methyl sites for hydroxylation is 1. The number of imidazole rings is 1. The molecule has 0 saturated carbocycles. The first-order valence-corrected chi connectivity index (χ1v) is 7.56. The molecule has 2 unspecified atom stereocenters. The van der Waals surface area contributed by atoms with Crippen LogP contribution >= 0.6 is 0 Å². The Morgan fingerprint density at radius 1 is 1.65 bits per heavy atom. The molecular weight excluding hydrogens is 252 g/mol. The first kappa shape index (κ1) is 15.0. The minimum Gasteiger partial charge on any atom is -0.354 e. The second-order valence-electron chi connectivity index (χ2n) is 6.09. The number of amides is 1. The Morgan fingerprint density at radius 3 is 3.10 bits per heavy atom. The summed E-state index contributed by atoms with van der Waals surface area (Å²) in [4.78, 5) is 16.1. The fourth-order valence-corrected chi connectivity index (χ4v) is 2.71. The number of hydrogen-bond acceptors (Lipinski definition) is 3. The van der Waals surface area contributed by atoms with Gasteiger partial charge in [0.05, 0.1) is 6.33 Å². The fraction of sp³-hybridized carbons (Fsp3) is 0.733. The van der Waals surface area contributed by atoms with Crippen LogP contribution in [0.15, 0.2) is 12.5 Å². The monoisotopic (exact) mass is 278 g/mol. The highest BCUT2D eigenvalue weighted by atomic mass is 16.1. The van der Waals surface area contributed by atoms with E-state index in [0.29, 0.717) is 13.0 Å². The molecule has 112 valence electrons. The number of hydrogen-bond donors (Lipinski definition) is 2. The van der Waals surface area contributed by atoms with Crippen molar-refractivity contribution in [1.29, 1.82) is 0 Å². The topological polar surface area (TPSA) is 59.0 Å². The van der Waals surface area contributed by atoms with E-state index in [4.69, 9.17) is 0 Å². The maximum Gasteiger partial charge on any atom is 0.221 e. The van der Waals surface area contributed by atoms with Crippen LogP contribution in [0.2, 0.25) is 0 Å². The van der Waals surface area contributed by atoms with E-state index in [0.717, 1.165) is 25.9 Å². The van der Waals surface area contributed by atoms with Gasteiger partial charge >= 0.3 is 0 Å². The van der Waals surface area contributed by atoms with Gasteiger partial charge in [0.2, 0.25) is 5.91 Å². The Morgan fingerprint density at radius 2 is 2.45 bits per heavy atom. The lowest BCUT2D eigenvalue weighted by atomic mass is 9.86. The molecule has 2 rings (SSSR count). The van der Waals surface area contributed by atoms with Gasteiger partial charge in [-0.05, 0) is 26.3 Å². The molecule has 1 aliphatic rings. The zero-order chi connectivity index (χ0) is 14.6. The SMILES string of the molecule is CCC(C)NC(=O)CCn1cncc1C1(C)CCNC1. The molecule has 1 amide bonds. The Balaban J connectivity index is 1.94. The van der Waals surface area contributed by atoms with Gasteiger partial charge in [0.15, 0.2) is 0 Å². The van der Waals surface area contributed by atoms with E-state index in [9.17, 15) is 4.79 Å². The molecule has 2 heterocycles. The smallest absolute Gasteiger partial charge is 0.221 e. The molecule has 5 heteroatoms. The number of carbonyl (C=O) groups is 1. The number of aromatic nitrogens is 2. The molecule has 2 N–H and O–H groups in total. The highest BCUT2D eigenvalue weighted by molar-refractivity contribution is 5.76. The molecule has 1 saturated heterocycles. The number of nitrogens with one attached hydrogen (secondary N) is 2. The van der Waals surface area contributed by atoms with Crippen LogP contribution in [-0.4, -0.2) is 34.6 Å². The predicted molar refractivity (Wildman–Crippen MR) is 79.6 cm³/mol. The Hall–Kier alpha value is -1.36. The number of rotatable bonds is 6. The van der Waals surface area contributed by atoms with Crippen LogP contribution in [-0.2, 0) is 16.8 Å². The van der Waals surface area contributed by atoms with E-state index in [2.05, 4.69) is 34.0 Å². The van der Waals surface area contributed by atoms with Crippen LogP contribution in [0.1, 0.15) is 45.7 Å². The van der Waals surface area contributed by atoms with Crippen molar-refractivity contribution in [1.82, 2.24) is 20.2 Å². The van der Waals surface area contributed by atoms with Crippen molar-refractivity contribution in [3.63, 3.8) is 0 Å². The molecule has 1 fully saturated rings. The molecule has 0 bridgehead atoms. The molecule has 20 heavy (non-hydrogen) atoms. The van der Waals surface area contributed by atoms with Crippen LogP contribution < -0.4 is 10.6 Å².